The molecule has 0 aromatic heterocycles. The molecular weight excluding hydrogens is 230 g/mol. The maximum Gasteiger partial charge on any atom is 0.0613 e. The van der Waals surface area contributed by atoms with Gasteiger partial charge in [0.05, 0.1) is 6.61 Å². The van der Waals surface area contributed by atoms with Crippen molar-refractivity contribution in [2.75, 3.05) is 6.61 Å². The fourth-order valence-corrected chi connectivity index (χ4v) is 4.35. The molecule has 1 rings (SSSR count). The Morgan fingerprint density at radius 3 is 2.65 bits per heavy atom. The monoisotopic (exact) mass is 259 g/mol. The standard InChI is InChI=1S/C14H29NOS/c1-5-12(4)17-13-7-6-8-14(9-13,10-16)15-11(2)3/h11-13,15-16H,5-10H2,1-4H3. The van der Waals surface area contributed by atoms with Crippen LogP contribution in [0.1, 0.15) is 59.8 Å². The van der Waals surface area contributed by atoms with Crippen LogP contribution in [0.15, 0.2) is 0 Å². The van der Waals surface area contributed by atoms with Gasteiger partial charge in [-0.3, -0.25) is 0 Å². The van der Waals surface area contributed by atoms with Crippen LogP contribution in [0.25, 0.3) is 0 Å². The molecule has 0 aromatic carbocycles. The molecule has 0 aromatic rings. The van der Waals surface area contributed by atoms with E-state index < -0.39 is 0 Å². The van der Waals surface area contributed by atoms with Gasteiger partial charge >= 0.3 is 0 Å². The number of aliphatic hydroxyl groups excluding tert-OH is 1. The van der Waals surface area contributed by atoms with E-state index in [4.69, 9.17) is 0 Å². The van der Waals surface area contributed by atoms with Crippen molar-refractivity contribution in [3.63, 3.8) is 0 Å². The lowest BCUT2D eigenvalue weighted by atomic mass is 9.81. The Labute approximate surface area is 111 Å². The summed E-state index contributed by atoms with van der Waals surface area (Å²) in [7, 11) is 0. The quantitative estimate of drug-likeness (QED) is 0.768. The minimum absolute atomic E-state index is 0.0163. The first kappa shape index (κ1) is 15.3. The van der Waals surface area contributed by atoms with Gasteiger partial charge < -0.3 is 10.4 Å². The first-order valence-corrected chi connectivity index (χ1v) is 7.99. The highest BCUT2D eigenvalue weighted by molar-refractivity contribution is 8.00. The molecule has 0 heterocycles. The van der Waals surface area contributed by atoms with Crippen LogP contribution in [-0.4, -0.2) is 33.8 Å². The fourth-order valence-electron chi connectivity index (χ4n) is 2.78. The molecule has 3 atom stereocenters. The van der Waals surface area contributed by atoms with Gasteiger partial charge in [-0.2, -0.15) is 11.8 Å². The van der Waals surface area contributed by atoms with Crippen LogP contribution >= 0.6 is 11.8 Å². The largest absolute Gasteiger partial charge is 0.394 e. The van der Waals surface area contributed by atoms with Gasteiger partial charge in [0.25, 0.3) is 0 Å². The van der Waals surface area contributed by atoms with Crippen LogP contribution in [0.3, 0.4) is 0 Å². The summed E-state index contributed by atoms with van der Waals surface area (Å²) in [5, 5.41) is 14.8. The van der Waals surface area contributed by atoms with Gasteiger partial charge in [-0.15, -0.1) is 0 Å². The third-order valence-electron chi connectivity index (χ3n) is 3.70. The summed E-state index contributed by atoms with van der Waals surface area (Å²) in [4.78, 5) is 0. The minimum Gasteiger partial charge on any atom is -0.394 e. The Hall–Kier alpha value is 0.270. The maximum atomic E-state index is 9.73. The van der Waals surface area contributed by atoms with Crippen molar-refractivity contribution in [1.82, 2.24) is 5.32 Å². The summed E-state index contributed by atoms with van der Waals surface area (Å²) in [5.41, 5.74) is -0.0163. The van der Waals surface area contributed by atoms with Gasteiger partial charge in [0.1, 0.15) is 0 Å². The molecule has 102 valence electrons. The lowest BCUT2D eigenvalue weighted by Crippen LogP contribution is -2.54. The molecule has 0 bridgehead atoms. The predicted molar refractivity (Wildman–Crippen MR) is 77.7 cm³/mol. The molecule has 3 heteroatoms. The van der Waals surface area contributed by atoms with E-state index in [0.29, 0.717) is 6.04 Å². The zero-order valence-corrected chi connectivity index (χ0v) is 12.6. The molecule has 0 aliphatic heterocycles. The lowest BCUT2D eigenvalue weighted by molar-refractivity contribution is 0.115. The highest BCUT2D eigenvalue weighted by Gasteiger charge is 2.36. The first-order chi connectivity index (χ1) is 8.01. The van der Waals surface area contributed by atoms with Gasteiger partial charge in [0.2, 0.25) is 0 Å². The van der Waals surface area contributed by atoms with Gasteiger partial charge in [0, 0.05) is 22.1 Å². The molecule has 0 radical (unpaired) electrons. The van der Waals surface area contributed by atoms with Crippen LogP contribution in [0.5, 0.6) is 0 Å². The highest BCUT2D eigenvalue weighted by atomic mass is 32.2. The number of thioether (sulfide) groups is 1. The molecule has 1 aliphatic carbocycles. The van der Waals surface area contributed by atoms with Crippen molar-refractivity contribution >= 4 is 11.8 Å². The van der Waals surface area contributed by atoms with E-state index in [-0.39, 0.29) is 12.1 Å². The third-order valence-corrected chi connectivity index (χ3v) is 5.28. The van der Waals surface area contributed by atoms with E-state index in [2.05, 4.69) is 44.8 Å². The zero-order valence-electron chi connectivity index (χ0n) is 11.8. The molecule has 2 nitrogen and oxygen atoms in total. The molecule has 17 heavy (non-hydrogen) atoms. The Kier molecular flexibility index (Phi) is 6.32. The molecule has 1 saturated carbocycles. The second-order valence-corrected chi connectivity index (χ2v) is 7.55. The molecule has 0 amide bonds. The average molecular weight is 259 g/mol. The molecule has 0 spiro atoms. The van der Waals surface area contributed by atoms with E-state index in [1.165, 1.54) is 19.3 Å². The van der Waals surface area contributed by atoms with E-state index in [1.54, 1.807) is 0 Å². The number of nitrogens with one attached hydrogen (secondary N) is 1. The molecule has 1 aliphatic rings. The molecule has 3 unspecified atom stereocenters. The Morgan fingerprint density at radius 2 is 2.12 bits per heavy atom. The van der Waals surface area contributed by atoms with E-state index in [0.717, 1.165) is 23.3 Å². The smallest absolute Gasteiger partial charge is 0.0613 e. The van der Waals surface area contributed by atoms with Gasteiger partial charge in [-0.05, 0) is 25.7 Å². The maximum absolute atomic E-state index is 9.73. The summed E-state index contributed by atoms with van der Waals surface area (Å²) in [6.45, 7) is 9.19. The number of aliphatic hydroxyl groups is 1. The summed E-state index contributed by atoms with van der Waals surface area (Å²) in [6, 6.07) is 0.453. The Bertz CT molecular complexity index is 222. The van der Waals surface area contributed by atoms with Gasteiger partial charge in [0.15, 0.2) is 0 Å². The number of hydrogen-bond acceptors (Lipinski definition) is 3. The molecular formula is C14H29NOS. The van der Waals surface area contributed by atoms with E-state index in [9.17, 15) is 5.11 Å². The minimum atomic E-state index is -0.0163. The van der Waals surface area contributed by atoms with Crippen LogP contribution < -0.4 is 5.32 Å². The summed E-state index contributed by atoms with van der Waals surface area (Å²) in [6.07, 6.45) is 6.05. The number of rotatable bonds is 6. The number of hydrogen-bond donors (Lipinski definition) is 2. The van der Waals surface area contributed by atoms with Crippen molar-refractivity contribution in [2.24, 2.45) is 0 Å². The Morgan fingerprint density at radius 1 is 1.41 bits per heavy atom. The van der Waals surface area contributed by atoms with Gasteiger partial charge in [-0.25, -0.2) is 0 Å². The van der Waals surface area contributed by atoms with Crippen molar-refractivity contribution in [3.8, 4) is 0 Å². The van der Waals surface area contributed by atoms with Crippen molar-refractivity contribution < 1.29 is 5.11 Å². The Balaban J connectivity index is 2.56. The first-order valence-electron chi connectivity index (χ1n) is 7.05. The highest BCUT2D eigenvalue weighted by Crippen LogP contribution is 2.37. The van der Waals surface area contributed by atoms with Gasteiger partial charge in [-0.1, -0.05) is 34.1 Å². The summed E-state index contributed by atoms with van der Waals surface area (Å²) in [5.74, 6) is 0. The SMILES string of the molecule is CCC(C)SC1CCCC(CO)(NC(C)C)C1. The van der Waals surface area contributed by atoms with Crippen molar-refractivity contribution in [1.29, 1.82) is 0 Å². The predicted octanol–water partition coefficient (Wildman–Crippen LogP) is 3.19. The lowest BCUT2D eigenvalue weighted by Gasteiger charge is -2.42. The van der Waals surface area contributed by atoms with Crippen LogP contribution in [-0.2, 0) is 0 Å². The van der Waals surface area contributed by atoms with Crippen LogP contribution in [0, 0.1) is 0 Å². The second-order valence-electron chi connectivity index (χ2n) is 5.81. The fraction of sp³-hybridized carbons (Fsp3) is 1.00. The molecule has 2 N–H and O–H groups in total. The second kappa shape index (κ2) is 7.01. The van der Waals surface area contributed by atoms with E-state index in [1.807, 2.05) is 0 Å². The van der Waals surface area contributed by atoms with E-state index >= 15 is 0 Å². The topological polar surface area (TPSA) is 32.3 Å². The van der Waals surface area contributed by atoms with Crippen molar-refractivity contribution in [2.45, 2.75) is 81.9 Å². The third kappa shape index (κ3) is 4.80. The molecule has 1 fully saturated rings. The van der Waals surface area contributed by atoms with Crippen LogP contribution in [0.2, 0.25) is 0 Å². The normalized spacial score (nSPS) is 31.8. The summed E-state index contributed by atoms with van der Waals surface area (Å²) >= 11 is 2.11. The molecule has 0 saturated heterocycles. The van der Waals surface area contributed by atoms with Crippen molar-refractivity contribution in [3.05, 3.63) is 0 Å². The average Bonchev–Trinajstić information content (AvgIpc) is 2.28. The van der Waals surface area contributed by atoms with Crippen LogP contribution in [0.4, 0.5) is 0 Å². The zero-order chi connectivity index (χ0) is 12.9. The summed E-state index contributed by atoms with van der Waals surface area (Å²) < 4.78 is 0.